The molecule has 1 aliphatic carbocycles. The summed E-state index contributed by atoms with van der Waals surface area (Å²) in [5.41, 5.74) is 0. The van der Waals surface area contributed by atoms with Gasteiger partial charge in [-0.2, -0.15) is 0 Å². The van der Waals surface area contributed by atoms with E-state index in [9.17, 15) is 9.59 Å². The number of likely N-dealkylation sites (tertiary alicyclic amines) is 1. The first-order chi connectivity index (χ1) is 8.68. The number of carbonyl (C=O) groups excluding carboxylic acids is 2. The standard InChI is InChI=1S/C15H25NO2/c1-12(17)6-4-10-15(18)16-11-5-8-13-7-2-3-9-14(13)16/h13-14H,2-11H2,1H3. The third kappa shape index (κ3) is 3.33. The van der Waals surface area contributed by atoms with Crippen molar-refractivity contribution < 1.29 is 9.59 Å². The van der Waals surface area contributed by atoms with Crippen LogP contribution in [0.1, 0.15) is 64.7 Å². The molecule has 1 saturated heterocycles. The van der Waals surface area contributed by atoms with Crippen LogP contribution >= 0.6 is 0 Å². The Balaban J connectivity index is 1.85. The zero-order valence-electron chi connectivity index (χ0n) is 11.5. The van der Waals surface area contributed by atoms with Gasteiger partial charge in [-0.25, -0.2) is 0 Å². The number of hydrogen-bond acceptors (Lipinski definition) is 2. The molecule has 2 rings (SSSR count). The van der Waals surface area contributed by atoms with E-state index in [1.54, 1.807) is 6.92 Å². The molecule has 3 heteroatoms. The fourth-order valence-corrected chi connectivity index (χ4v) is 3.57. The van der Waals surface area contributed by atoms with Crippen LogP contribution < -0.4 is 0 Å². The second-order valence-corrected chi connectivity index (χ2v) is 5.90. The molecule has 0 N–H and O–H groups in total. The summed E-state index contributed by atoms with van der Waals surface area (Å²) in [4.78, 5) is 25.3. The lowest BCUT2D eigenvalue weighted by molar-refractivity contribution is -0.137. The van der Waals surface area contributed by atoms with Gasteiger partial charge in [0.2, 0.25) is 5.91 Å². The van der Waals surface area contributed by atoms with Crippen molar-refractivity contribution in [3.63, 3.8) is 0 Å². The number of fused-ring (bicyclic) bond motifs is 1. The average molecular weight is 251 g/mol. The molecule has 3 nitrogen and oxygen atoms in total. The summed E-state index contributed by atoms with van der Waals surface area (Å²) in [6, 6.07) is 0.511. The number of ketones is 1. The van der Waals surface area contributed by atoms with E-state index < -0.39 is 0 Å². The summed E-state index contributed by atoms with van der Waals surface area (Å²) >= 11 is 0. The molecular formula is C15H25NO2. The van der Waals surface area contributed by atoms with Crippen molar-refractivity contribution in [2.24, 2.45) is 5.92 Å². The molecule has 0 aromatic heterocycles. The van der Waals surface area contributed by atoms with Crippen molar-refractivity contribution in [2.75, 3.05) is 6.54 Å². The number of amides is 1. The van der Waals surface area contributed by atoms with Crippen LogP contribution in [0.2, 0.25) is 0 Å². The van der Waals surface area contributed by atoms with E-state index in [1.165, 1.54) is 38.5 Å². The van der Waals surface area contributed by atoms with Gasteiger partial charge >= 0.3 is 0 Å². The van der Waals surface area contributed by atoms with Crippen molar-refractivity contribution in [2.45, 2.75) is 70.8 Å². The summed E-state index contributed by atoms with van der Waals surface area (Å²) in [5.74, 6) is 1.23. The average Bonchev–Trinajstić information content (AvgIpc) is 2.37. The van der Waals surface area contributed by atoms with Gasteiger partial charge in [0.1, 0.15) is 5.78 Å². The number of rotatable bonds is 4. The Morgan fingerprint density at radius 3 is 2.56 bits per heavy atom. The molecule has 18 heavy (non-hydrogen) atoms. The topological polar surface area (TPSA) is 37.4 Å². The Morgan fingerprint density at radius 1 is 1.06 bits per heavy atom. The van der Waals surface area contributed by atoms with Crippen molar-refractivity contribution in [1.82, 2.24) is 4.90 Å². The summed E-state index contributed by atoms with van der Waals surface area (Å²) in [7, 11) is 0. The highest BCUT2D eigenvalue weighted by molar-refractivity contribution is 5.79. The molecule has 0 spiro atoms. The molecule has 102 valence electrons. The molecule has 2 atom stereocenters. The quantitative estimate of drug-likeness (QED) is 0.770. The maximum absolute atomic E-state index is 12.2. The lowest BCUT2D eigenvalue weighted by atomic mass is 9.78. The summed E-state index contributed by atoms with van der Waals surface area (Å²) in [5, 5.41) is 0. The maximum atomic E-state index is 12.2. The normalized spacial score (nSPS) is 27.7. The van der Waals surface area contributed by atoms with E-state index in [4.69, 9.17) is 0 Å². The number of nitrogens with zero attached hydrogens (tertiary/aromatic N) is 1. The maximum Gasteiger partial charge on any atom is 0.222 e. The fourth-order valence-electron chi connectivity index (χ4n) is 3.57. The monoisotopic (exact) mass is 251 g/mol. The molecule has 0 radical (unpaired) electrons. The molecule has 0 aromatic rings. The van der Waals surface area contributed by atoms with Crippen LogP contribution in [0.4, 0.5) is 0 Å². The number of hydrogen-bond donors (Lipinski definition) is 0. The van der Waals surface area contributed by atoms with Gasteiger partial charge in [0.25, 0.3) is 0 Å². The highest BCUT2D eigenvalue weighted by atomic mass is 16.2. The van der Waals surface area contributed by atoms with Crippen molar-refractivity contribution in [3.8, 4) is 0 Å². The lowest BCUT2D eigenvalue weighted by Crippen LogP contribution is -2.49. The molecule has 0 bridgehead atoms. The highest BCUT2D eigenvalue weighted by Gasteiger charge is 2.35. The number of Topliss-reactive ketones (excluding diaryl/α,β-unsaturated/α-hetero) is 1. The fraction of sp³-hybridized carbons (Fsp3) is 0.867. The third-order valence-electron chi connectivity index (χ3n) is 4.48. The Morgan fingerprint density at radius 2 is 1.78 bits per heavy atom. The first kappa shape index (κ1) is 13.6. The van der Waals surface area contributed by atoms with Crippen LogP contribution in [0.5, 0.6) is 0 Å². The minimum absolute atomic E-state index is 0.192. The summed E-state index contributed by atoms with van der Waals surface area (Å²) < 4.78 is 0. The van der Waals surface area contributed by atoms with Crippen LogP contribution in [0.25, 0.3) is 0 Å². The number of carbonyl (C=O) groups is 2. The van der Waals surface area contributed by atoms with E-state index in [-0.39, 0.29) is 11.7 Å². The molecule has 1 heterocycles. The first-order valence-electron chi connectivity index (χ1n) is 7.47. The molecule has 2 aliphatic rings. The van der Waals surface area contributed by atoms with E-state index in [0.717, 1.165) is 18.9 Å². The zero-order chi connectivity index (χ0) is 13.0. The van der Waals surface area contributed by atoms with E-state index in [1.807, 2.05) is 0 Å². The summed E-state index contributed by atoms with van der Waals surface area (Å²) in [6.45, 7) is 2.54. The SMILES string of the molecule is CC(=O)CCCC(=O)N1CCCC2CCCCC21. The number of piperidine rings is 1. The predicted octanol–water partition coefficient (Wildman–Crippen LogP) is 2.93. The van der Waals surface area contributed by atoms with Gasteiger partial charge in [0.05, 0.1) is 0 Å². The molecule has 2 unspecified atom stereocenters. The van der Waals surface area contributed by atoms with Crippen LogP contribution in [0.3, 0.4) is 0 Å². The Bertz CT molecular complexity index is 312. The van der Waals surface area contributed by atoms with Crippen LogP contribution in [0.15, 0.2) is 0 Å². The van der Waals surface area contributed by atoms with Crippen molar-refractivity contribution in [3.05, 3.63) is 0 Å². The second kappa shape index (κ2) is 6.35. The molecule has 0 aromatic carbocycles. The van der Waals surface area contributed by atoms with Gasteiger partial charge in [0.15, 0.2) is 0 Å². The minimum atomic E-state index is 0.192. The lowest BCUT2D eigenvalue weighted by Gasteiger charge is -2.44. The van der Waals surface area contributed by atoms with E-state index in [2.05, 4.69) is 4.90 Å². The zero-order valence-corrected chi connectivity index (χ0v) is 11.5. The van der Waals surface area contributed by atoms with Gasteiger partial charge < -0.3 is 9.69 Å². The molecular weight excluding hydrogens is 226 g/mol. The van der Waals surface area contributed by atoms with Gasteiger partial charge in [-0.1, -0.05) is 12.8 Å². The molecule has 1 amide bonds. The first-order valence-corrected chi connectivity index (χ1v) is 7.47. The second-order valence-electron chi connectivity index (χ2n) is 5.90. The van der Waals surface area contributed by atoms with Crippen LogP contribution in [-0.4, -0.2) is 29.2 Å². The van der Waals surface area contributed by atoms with Crippen LogP contribution in [0, 0.1) is 5.92 Å². The van der Waals surface area contributed by atoms with Crippen molar-refractivity contribution in [1.29, 1.82) is 0 Å². The van der Waals surface area contributed by atoms with Gasteiger partial charge in [-0.3, -0.25) is 4.79 Å². The molecule has 1 saturated carbocycles. The van der Waals surface area contributed by atoms with Crippen molar-refractivity contribution >= 4 is 11.7 Å². The van der Waals surface area contributed by atoms with Gasteiger partial charge in [-0.05, 0) is 44.9 Å². The van der Waals surface area contributed by atoms with E-state index >= 15 is 0 Å². The highest BCUT2D eigenvalue weighted by Crippen LogP contribution is 2.35. The van der Waals surface area contributed by atoms with Crippen LogP contribution in [-0.2, 0) is 9.59 Å². The Hall–Kier alpha value is -0.860. The third-order valence-corrected chi connectivity index (χ3v) is 4.48. The molecule has 2 fully saturated rings. The smallest absolute Gasteiger partial charge is 0.222 e. The van der Waals surface area contributed by atoms with E-state index in [0.29, 0.717) is 18.9 Å². The molecule has 1 aliphatic heterocycles. The Labute approximate surface area is 110 Å². The van der Waals surface area contributed by atoms with Gasteiger partial charge in [-0.15, -0.1) is 0 Å². The largest absolute Gasteiger partial charge is 0.339 e. The minimum Gasteiger partial charge on any atom is -0.339 e. The van der Waals surface area contributed by atoms with Gasteiger partial charge in [0, 0.05) is 25.4 Å². The Kier molecular flexibility index (Phi) is 4.79. The predicted molar refractivity (Wildman–Crippen MR) is 71.2 cm³/mol. The summed E-state index contributed by atoms with van der Waals surface area (Å²) in [6.07, 6.45) is 9.43.